The Bertz CT molecular complexity index is 888. The fourth-order valence-corrected chi connectivity index (χ4v) is 6.54. The van der Waals surface area contributed by atoms with E-state index in [-0.39, 0.29) is 38.8 Å². The summed E-state index contributed by atoms with van der Waals surface area (Å²) in [5.74, 6) is -0.386. The van der Waals surface area contributed by atoms with E-state index in [0.29, 0.717) is 25.9 Å². The van der Waals surface area contributed by atoms with Crippen LogP contribution in [0.15, 0.2) is 24.3 Å². The Labute approximate surface area is 318 Å². The van der Waals surface area contributed by atoms with Crippen LogP contribution in [-0.2, 0) is 27.9 Å². The fourth-order valence-electron chi connectivity index (χ4n) is 5.78. The van der Waals surface area contributed by atoms with Crippen LogP contribution in [0.5, 0.6) is 0 Å². The van der Waals surface area contributed by atoms with E-state index in [4.69, 9.17) is 24.3 Å². The van der Waals surface area contributed by atoms with Crippen molar-refractivity contribution in [2.75, 3.05) is 33.0 Å². The van der Waals surface area contributed by atoms with Gasteiger partial charge < -0.3 is 30.3 Å². The van der Waals surface area contributed by atoms with Crippen LogP contribution in [0.1, 0.15) is 181 Å². The minimum absolute atomic E-state index is 0.0794. The third kappa shape index (κ3) is 35.9. The molecular formula is C41H80NO9P. The summed E-state index contributed by atoms with van der Waals surface area (Å²) >= 11 is 0. The quantitative estimate of drug-likeness (QED) is 0.0205. The first-order valence-electron chi connectivity index (χ1n) is 21.0. The molecule has 4 atom stereocenters. The number of ether oxygens (including phenoxy) is 2. The number of aliphatic hydroxyl groups excluding tert-OH is 2. The predicted octanol–water partition coefficient (Wildman–Crippen LogP) is 10.0. The third-order valence-electron chi connectivity index (χ3n) is 9.04. The summed E-state index contributed by atoms with van der Waals surface area (Å²) < 4.78 is 33.3. The van der Waals surface area contributed by atoms with Crippen LogP contribution in [0.25, 0.3) is 0 Å². The number of aliphatic hydroxyl groups is 2. The molecule has 0 fully saturated rings. The summed E-state index contributed by atoms with van der Waals surface area (Å²) in [6.07, 6.45) is 33.8. The maximum atomic E-state index is 12.6. The number of allylic oxidation sites excluding steroid dienone is 3. The van der Waals surface area contributed by atoms with Crippen molar-refractivity contribution in [1.82, 2.24) is 0 Å². The Morgan fingerprint density at radius 3 is 1.75 bits per heavy atom. The van der Waals surface area contributed by atoms with Gasteiger partial charge in [-0.05, 0) is 64.2 Å². The van der Waals surface area contributed by atoms with Gasteiger partial charge in [0.25, 0.3) is 0 Å². The predicted molar refractivity (Wildman–Crippen MR) is 213 cm³/mol. The number of carbonyl (C=O) groups is 1. The summed E-state index contributed by atoms with van der Waals surface area (Å²) in [6.45, 7) is 4.63. The van der Waals surface area contributed by atoms with Crippen molar-refractivity contribution in [3.8, 4) is 0 Å². The largest absolute Gasteiger partial charge is 0.472 e. The Morgan fingerprint density at radius 1 is 0.635 bits per heavy atom. The molecule has 0 bridgehead atoms. The summed E-state index contributed by atoms with van der Waals surface area (Å²) in [4.78, 5) is 22.4. The highest BCUT2D eigenvalue weighted by Crippen LogP contribution is 2.43. The molecule has 0 aliphatic carbocycles. The minimum atomic E-state index is -4.30. The van der Waals surface area contributed by atoms with E-state index in [1.54, 1.807) is 0 Å². The van der Waals surface area contributed by atoms with Crippen molar-refractivity contribution in [3.63, 3.8) is 0 Å². The number of hydrogen-bond acceptors (Lipinski definition) is 9. The molecule has 11 heteroatoms. The number of rotatable bonds is 40. The molecule has 0 aliphatic rings. The normalized spacial score (nSPS) is 15.0. The summed E-state index contributed by atoms with van der Waals surface area (Å²) in [5.41, 5.74) is 5.35. The second-order valence-corrected chi connectivity index (χ2v) is 15.6. The molecule has 0 saturated carbocycles. The number of nitrogens with two attached hydrogens (primary N) is 1. The fraction of sp³-hybridized carbons (Fsp3) is 0.878. The number of carbonyl (C=O) groups excluding carboxylic acids is 1. The highest BCUT2D eigenvalue weighted by Gasteiger charge is 2.25. The molecule has 5 N–H and O–H groups in total. The van der Waals surface area contributed by atoms with E-state index >= 15 is 0 Å². The number of phosphoric ester groups is 1. The molecule has 0 rings (SSSR count). The lowest BCUT2D eigenvalue weighted by Crippen LogP contribution is -2.28. The van der Waals surface area contributed by atoms with E-state index in [9.17, 15) is 24.5 Å². The molecule has 52 heavy (non-hydrogen) atoms. The molecule has 0 aromatic heterocycles. The van der Waals surface area contributed by atoms with Crippen molar-refractivity contribution in [1.29, 1.82) is 0 Å². The smallest absolute Gasteiger partial charge is 0.457 e. The third-order valence-corrected chi connectivity index (χ3v) is 10.0. The molecule has 0 amide bonds. The van der Waals surface area contributed by atoms with Gasteiger partial charge in [0.1, 0.15) is 6.10 Å². The van der Waals surface area contributed by atoms with Gasteiger partial charge in [-0.3, -0.25) is 13.8 Å². The van der Waals surface area contributed by atoms with Crippen LogP contribution in [-0.4, -0.2) is 72.4 Å². The second kappa shape index (κ2) is 38.2. The maximum Gasteiger partial charge on any atom is 0.472 e. The molecule has 4 unspecified atom stereocenters. The van der Waals surface area contributed by atoms with E-state index in [2.05, 4.69) is 32.1 Å². The van der Waals surface area contributed by atoms with Crippen molar-refractivity contribution in [2.45, 2.75) is 199 Å². The van der Waals surface area contributed by atoms with Gasteiger partial charge in [0.15, 0.2) is 0 Å². The molecule has 10 nitrogen and oxygen atoms in total. The molecule has 0 heterocycles. The molecular weight excluding hydrogens is 681 g/mol. The Balaban J connectivity index is 4.15. The first-order chi connectivity index (χ1) is 25.3. The summed E-state index contributed by atoms with van der Waals surface area (Å²) in [5, 5.41) is 20.1. The number of phosphoric acid groups is 1. The van der Waals surface area contributed by atoms with Gasteiger partial charge in [-0.2, -0.15) is 0 Å². The van der Waals surface area contributed by atoms with Crippen LogP contribution >= 0.6 is 7.82 Å². The van der Waals surface area contributed by atoms with Crippen LogP contribution in [0.3, 0.4) is 0 Å². The van der Waals surface area contributed by atoms with E-state index in [1.807, 2.05) is 6.08 Å². The van der Waals surface area contributed by atoms with Gasteiger partial charge in [-0.15, -0.1) is 0 Å². The van der Waals surface area contributed by atoms with E-state index in [0.717, 1.165) is 77.0 Å². The van der Waals surface area contributed by atoms with Crippen LogP contribution < -0.4 is 5.73 Å². The second-order valence-electron chi connectivity index (χ2n) is 14.2. The molecule has 308 valence electrons. The van der Waals surface area contributed by atoms with Gasteiger partial charge in [0.2, 0.25) is 0 Å². The minimum Gasteiger partial charge on any atom is -0.457 e. The van der Waals surface area contributed by atoms with Crippen molar-refractivity contribution >= 4 is 13.8 Å². The zero-order chi connectivity index (χ0) is 38.4. The zero-order valence-electron chi connectivity index (χ0n) is 33.3. The van der Waals surface area contributed by atoms with Crippen LogP contribution in [0, 0.1) is 0 Å². The van der Waals surface area contributed by atoms with Gasteiger partial charge in [0, 0.05) is 19.6 Å². The van der Waals surface area contributed by atoms with Gasteiger partial charge in [0.05, 0.1) is 32.0 Å². The summed E-state index contributed by atoms with van der Waals surface area (Å²) in [7, 11) is -4.30. The topological polar surface area (TPSA) is 158 Å². The monoisotopic (exact) mass is 762 g/mol. The number of esters is 1. The average molecular weight is 762 g/mol. The van der Waals surface area contributed by atoms with Crippen molar-refractivity contribution in [2.24, 2.45) is 5.73 Å². The van der Waals surface area contributed by atoms with E-state index < -0.39 is 26.1 Å². The van der Waals surface area contributed by atoms with E-state index in [1.165, 1.54) is 64.2 Å². The Hall–Kier alpha value is -1.10. The molecule has 0 aliphatic heterocycles. The first-order valence-corrected chi connectivity index (χ1v) is 22.5. The van der Waals surface area contributed by atoms with Gasteiger partial charge in [-0.1, -0.05) is 134 Å². The van der Waals surface area contributed by atoms with Crippen molar-refractivity contribution < 1.29 is 43.0 Å². The number of hydrogen-bond donors (Lipinski definition) is 4. The Morgan fingerprint density at radius 2 is 1.15 bits per heavy atom. The molecule has 0 saturated heterocycles. The average Bonchev–Trinajstić information content (AvgIpc) is 3.13. The SMILES string of the molecule is CCCCCCCC/C=C\CCCCCCCCOCC(COP(=O)(O)OCCN)OC(=O)CCCCCCC/C=C\CC(O)C(O)CCCCC. The summed E-state index contributed by atoms with van der Waals surface area (Å²) in [6, 6.07) is 0. The highest BCUT2D eigenvalue weighted by atomic mass is 31.2. The van der Waals surface area contributed by atoms with Crippen LogP contribution in [0.2, 0.25) is 0 Å². The molecule has 0 aromatic carbocycles. The highest BCUT2D eigenvalue weighted by molar-refractivity contribution is 7.47. The van der Waals surface area contributed by atoms with Crippen molar-refractivity contribution in [3.05, 3.63) is 24.3 Å². The Kier molecular flexibility index (Phi) is 37.4. The molecule has 0 radical (unpaired) electrons. The van der Waals surface area contributed by atoms with Crippen LogP contribution in [0.4, 0.5) is 0 Å². The molecule has 0 aromatic rings. The van der Waals surface area contributed by atoms with Gasteiger partial charge >= 0.3 is 13.8 Å². The lowest BCUT2D eigenvalue weighted by Gasteiger charge is -2.20. The maximum absolute atomic E-state index is 12.6. The number of unbranched alkanes of at least 4 members (excludes halogenated alkanes) is 19. The lowest BCUT2D eigenvalue weighted by atomic mass is 10.0. The standard InChI is InChI=1S/C41H80NO9P/c1-3-5-7-8-9-10-11-12-13-14-15-16-19-22-25-29-34-48-36-38(37-50-52(46,47)49-35-33-42)51-41(45)32-28-24-21-18-17-20-23-27-31-40(44)39(43)30-26-6-4-2/h12-13,23,27,38-40,43-44H,3-11,14-22,24-26,28-37,42H2,1-2H3,(H,46,47)/b13-12-,27-23-. The van der Waals surface area contributed by atoms with Gasteiger partial charge in [-0.25, -0.2) is 4.57 Å². The molecule has 0 spiro atoms. The zero-order valence-corrected chi connectivity index (χ0v) is 34.2. The lowest BCUT2D eigenvalue weighted by molar-refractivity contribution is -0.154. The first kappa shape index (κ1) is 50.9.